The van der Waals surface area contributed by atoms with Crippen LogP contribution in [0.25, 0.3) is 0 Å². The van der Waals surface area contributed by atoms with Crippen LogP contribution in [-0.4, -0.2) is 140 Å². The summed E-state index contributed by atoms with van der Waals surface area (Å²) in [6, 6.07) is 0. The zero-order valence-corrected chi connectivity index (χ0v) is 26.9. The Morgan fingerprint density at radius 2 is 0.816 bits per heavy atom. The third-order valence-corrected chi connectivity index (χ3v) is 9.40. The monoisotopic (exact) mass is 684 g/mol. The average Bonchev–Trinajstić information content (AvgIpc) is 3.79. The van der Waals surface area contributed by atoms with Crippen molar-refractivity contribution in [2.75, 3.05) is 46.0 Å². The van der Waals surface area contributed by atoms with Gasteiger partial charge in [-0.1, -0.05) is 0 Å². The number of hydrogen-bond acceptors (Lipinski definition) is 12. The van der Waals surface area contributed by atoms with Crippen LogP contribution >= 0.6 is 0 Å². The van der Waals surface area contributed by atoms with Crippen LogP contribution in [0, 0.1) is 5.41 Å². The van der Waals surface area contributed by atoms with E-state index in [1.807, 2.05) is 0 Å². The summed E-state index contributed by atoms with van der Waals surface area (Å²) >= 11 is 0. The molecule has 0 spiro atoms. The molecule has 4 heterocycles. The van der Waals surface area contributed by atoms with Gasteiger partial charge >= 0.3 is 0 Å². The highest BCUT2D eigenvalue weighted by molar-refractivity contribution is 6.14. The van der Waals surface area contributed by atoms with Gasteiger partial charge in [-0.3, -0.25) is 58.0 Å². The number of aliphatic hydroxyl groups is 3. The summed E-state index contributed by atoms with van der Waals surface area (Å²) in [5, 5.41) is 33.7. The van der Waals surface area contributed by atoms with E-state index in [-0.39, 0.29) is 77.7 Å². The summed E-state index contributed by atoms with van der Waals surface area (Å²) in [5.74, 6) is -4.14. The molecule has 49 heavy (non-hydrogen) atoms. The molecule has 264 valence electrons. The fourth-order valence-corrected chi connectivity index (χ4v) is 6.62. The van der Waals surface area contributed by atoms with Crippen LogP contribution in [0.3, 0.4) is 0 Å². The van der Waals surface area contributed by atoms with Gasteiger partial charge in [-0.15, -0.1) is 0 Å². The van der Waals surface area contributed by atoms with E-state index in [2.05, 4.69) is 0 Å². The standard InChI is InChI=1S/C33H40N4O12/c38-21-32(22-39,23(40)5-1-16-34-24(41)6-7-25(34)42)33(14-2-17-35-26(43)8-9-27(35)44,15-3-18-36-28(45)10-11-29(36)46)49-20-4-19-37-30(47)12-13-31(37)48/h6-13,23,38-40H,1-5,14-22H2. The van der Waals surface area contributed by atoms with Gasteiger partial charge in [-0.05, 0) is 44.9 Å². The molecule has 0 aromatic carbocycles. The first-order valence-corrected chi connectivity index (χ1v) is 16.1. The highest BCUT2D eigenvalue weighted by atomic mass is 16.5. The van der Waals surface area contributed by atoms with Crippen molar-refractivity contribution in [3.63, 3.8) is 0 Å². The molecule has 1 unspecified atom stereocenters. The first-order chi connectivity index (χ1) is 23.4. The molecule has 0 aromatic heterocycles. The molecule has 4 aliphatic heterocycles. The van der Waals surface area contributed by atoms with Crippen LogP contribution in [0.15, 0.2) is 48.6 Å². The van der Waals surface area contributed by atoms with Crippen molar-refractivity contribution in [2.24, 2.45) is 5.41 Å². The number of ether oxygens (including phenoxy) is 1. The van der Waals surface area contributed by atoms with E-state index in [4.69, 9.17) is 4.74 Å². The molecule has 4 aliphatic rings. The van der Waals surface area contributed by atoms with Crippen molar-refractivity contribution in [1.82, 2.24) is 19.6 Å². The topological polar surface area (TPSA) is 219 Å². The number of amides is 8. The van der Waals surface area contributed by atoms with Crippen molar-refractivity contribution in [2.45, 2.75) is 56.7 Å². The Kier molecular flexibility index (Phi) is 12.3. The molecule has 0 aliphatic carbocycles. The predicted octanol–water partition coefficient (Wildman–Crippen LogP) is -1.50. The average molecular weight is 685 g/mol. The third-order valence-electron chi connectivity index (χ3n) is 9.40. The summed E-state index contributed by atoms with van der Waals surface area (Å²) in [6.45, 7) is -2.00. The summed E-state index contributed by atoms with van der Waals surface area (Å²) in [6.07, 6.45) is 7.73. The Hall–Kier alpha value is -4.64. The molecular weight excluding hydrogens is 644 g/mol. The smallest absolute Gasteiger partial charge is 0.253 e. The zero-order valence-electron chi connectivity index (χ0n) is 26.9. The van der Waals surface area contributed by atoms with E-state index >= 15 is 0 Å². The maximum absolute atomic E-state index is 12.3. The molecule has 16 nitrogen and oxygen atoms in total. The third kappa shape index (κ3) is 7.99. The molecule has 3 N–H and O–H groups in total. The van der Waals surface area contributed by atoms with Crippen LogP contribution in [0.4, 0.5) is 0 Å². The van der Waals surface area contributed by atoms with Gasteiger partial charge in [0.2, 0.25) is 0 Å². The number of carbonyl (C=O) groups excluding carboxylic acids is 8. The molecule has 0 aromatic rings. The van der Waals surface area contributed by atoms with E-state index < -0.39 is 77.6 Å². The summed E-state index contributed by atoms with van der Waals surface area (Å²) in [5.41, 5.74) is -3.47. The van der Waals surface area contributed by atoms with E-state index in [9.17, 15) is 53.7 Å². The molecule has 0 saturated heterocycles. The van der Waals surface area contributed by atoms with Gasteiger partial charge in [0.15, 0.2) is 0 Å². The second kappa shape index (κ2) is 16.2. The molecule has 0 radical (unpaired) electrons. The zero-order chi connectivity index (χ0) is 35.8. The normalized spacial score (nSPS) is 18.7. The first-order valence-electron chi connectivity index (χ1n) is 16.1. The predicted molar refractivity (Wildman–Crippen MR) is 167 cm³/mol. The number of nitrogens with zero attached hydrogens (tertiary/aromatic N) is 4. The number of hydrogen-bond donors (Lipinski definition) is 3. The van der Waals surface area contributed by atoms with Crippen molar-refractivity contribution >= 4 is 47.3 Å². The van der Waals surface area contributed by atoms with Crippen molar-refractivity contribution in [3.05, 3.63) is 48.6 Å². The first kappa shape index (κ1) is 37.2. The highest BCUT2D eigenvalue weighted by Crippen LogP contribution is 2.46. The fourth-order valence-electron chi connectivity index (χ4n) is 6.62. The van der Waals surface area contributed by atoms with E-state index in [1.54, 1.807) is 0 Å². The molecule has 16 heteroatoms. The number of aliphatic hydroxyl groups excluding tert-OH is 3. The van der Waals surface area contributed by atoms with Crippen LogP contribution in [0.2, 0.25) is 0 Å². The second-order valence-electron chi connectivity index (χ2n) is 12.2. The van der Waals surface area contributed by atoms with Crippen LogP contribution in [0.5, 0.6) is 0 Å². The molecule has 0 fully saturated rings. The van der Waals surface area contributed by atoms with Gasteiger partial charge in [-0.25, -0.2) is 0 Å². The van der Waals surface area contributed by atoms with Gasteiger partial charge < -0.3 is 20.1 Å². The SMILES string of the molecule is O=C1C=CC(=O)N1CCCOC(CCCN1C(=O)C=CC1=O)(CCCN1C(=O)C=CC1=O)C(CO)(CO)C(O)CCCN1C(=O)C=CC1=O. The summed E-state index contributed by atoms with van der Waals surface area (Å²) < 4.78 is 6.49. The van der Waals surface area contributed by atoms with Crippen LogP contribution in [0.1, 0.15) is 44.9 Å². The molecule has 1 atom stereocenters. The van der Waals surface area contributed by atoms with Crippen molar-refractivity contribution in [3.8, 4) is 0 Å². The maximum atomic E-state index is 12.3. The minimum atomic E-state index is -1.83. The quantitative estimate of drug-likeness (QED) is 0.0930. The van der Waals surface area contributed by atoms with Crippen LogP contribution < -0.4 is 0 Å². The summed E-state index contributed by atoms with van der Waals surface area (Å²) in [7, 11) is 0. The van der Waals surface area contributed by atoms with Gasteiger partial charge in [-0.2, -0.15) is 0 Å². The van der Waals surface area contributed by atoms with E-state index in [1.165, 1.54) is 0 Å². The Balaban J connectivity index is 1.60. The maximum Gasteiger partial charge on any atom is 0.253 e. The number of rotatable bonds is 21. The van der Waals surface area contributed by atoms with Gasteiger partial charge in [0, 0.05) is 81.4 Å². The largest absolute Gasteiger partial charge is 0.395 e. The Morgan fingerprint density at radius 1 is 0.510 bits per heavy atom. The molecule has 0 saturated carbocycles. The van der Waals surface area contributed by atoms with Crippen LogP contribution in [-0.2, 0) is 43.1 Å². The Morgan fingerprint density at radius 3 is 1.14 bits per heavy atom. The minimum absolute atomic E-state index is 0.0224. The molecular formula is C33H40N4O12. The lowest BCUT2D eigenvalue weighted by atomic mass is 9.63. The Bertz CT molecular complexity index is 1370. The van der Waals surface area contributed by atoms with E-state index in [0.29, 0.717) is 0 Å². The molecule has 8 amide bonds. The van der Waals surface area contributed by atoms with Gasteiger partial charge in [0.1, 0.15) is 0 Å². The van der Waals surface area contributed by atoms with E-state index in [0.717, 1.165) is 68.2 Å². The lowest BCUT2D eigenvalue weighted by Gasteiger charge is -2.52. The lowest BCUT2D eigenvalue weighted by molar-refractivity contribution is -0.220. The fraction of sp³-hybridized carbons (Fsp3) is 0.515. The Labute approximate surface area is 281 Å². The number of carbonyl (C=O) groups is 8. The number of imide groups is 4. The molecule has 0 bridgehead atoms. The minimum Gasteiger partial charge on any atom is -0.395 e. The van der Waals surface area contributed by atoms with Gasteiger partial charge in [0.05, 0.1) is 30.3 Å². The lowest BCUT2D eigenvalue weighted by Crippen LogP contribution is -2.61. The highest BCUT2D eigenvalue weighted by Gasteiger charge is 2.55. The summed E-state index contributed by atoms with van der Waals surface area (Å²) in [4.78, 5) is 101. The van der Waals surface area contributed by atoms with Gasteiger partial charge in [0.25, 0.3) is 47.3 Å². The van der Waals surface area contributed by atoms with Crippen molar-refractivity contribution in [1.29, 1.82) is 0 Å². The van der Waals surface area contributed by atoms with Crippen molar-refractivity contribution < 1.29 is 58.4 Å². The molecule has 4 rings (SSSR count). The second-order valence-corrected chi connectivity index (χ2v) is 12.2.